The maximum absolute atomic E-state index is 15.1. The zero-order valence-corrected chi connectivity index (χ0v) is 21.8. The van der Waals surface area contributed by atoms with Crippen LogP contribution in [0, 0.1) is 17.6 Å². The van der Waals surface area contributed by atoms with E-state index in [0.717, 1.165) is 17.7 Å². The Labute approximate surface area is 220 Å². The minimum absolute atomic E-state index is 0.00871. The van der Waals surface area contributed by atoms with E-state index in [0.29, 0.717) is 18.5 Å². The van der Waals surface area contributed by atoms with Gasteiger partial charge in [-0.25, -0.2) is 18.2 Å². The predicted molar refractivity (Wildman–Crippen MR) is 140 cm³/mol. The van der Waals surface area contributed by atoms with Crippen LogP contribution < -0.4 is 16.4 Å². The van der Waals surface area contributed by atoms with Gasteiger partial charge in [-0.3, -0.25) is 9.78 Å². The van der Waals surface area contributed by atoms with Crippen LogP contribution in [0.5, 0.6) is 0 Å². The highest BCUT2D eigenvalue weighted by Gasteiger charge is 2.41. The fraction of sp³-hybridized carbons (Fsp3) is 0.370. The number of hydrogen-bond acceptors (Lipinski definition) is 6. The van der Waals surface area contributed by atoms with Crippen molar-refractivity contribution in [3.63, 3.8) is 0 Å². The molecule has 1 aliphatic heterocycles. The summed E-state index contributed by atoms with van der Waals surface area (Å²) in [6.07, 6.45) is 3.75. The number of rotatable bonds is 5. The first-order chi connectivity index (χ1) is 18.1. The summed E-state index contributed by atoms with van der Waals surface area (Å²) in [5, 5.41) is 13.2. The standard InChI is InChI=1S/C27H28F3N4O3P/c1-13-6-14(7-19(31)25(13)35)16-4-5-32-10-21(16)34-26(36)20-3-2-17(28)24(33-20)23-18(29)8-15(9-22(23)38)27(30)11-37-12-27/h2-5,8-10,13-14,19,25,35H,6-7,11-12,31,38H2,1H3,(H,34,36)/t13-,14+,19+,25-/m0/s1. The highest BCUT2D eigenvalue weighted by molar-refractivity contribution is 7.28. The molecular formula is C27H28F3N4O3P. The Kier molecular flexibility index (Phi) is 7.26. The molecule has 2 aliphatic rings. The molecule has 0 radical (unpaired) electrons. The number of benzene rings is 1. The van der Waals surface area contributed by atoms with Crippen LogP contribution >= 0.6 is 9.24 Å². The van der Waals surface area contributed by atoms with E-state index in [1.54, 1.807) is 12.3 Å². The minimum atomic E-state index is -1.79. The van der Waals surface area contributed by atoms with Crippen molar-refractivity contribution in [3.05, 3.63) is 71.2 Å². The number of carbonyl (C=O) groups is 1. The number of carbonyl (C=O) groups excluding carboxylic acids is 1. The maximum Gasteiger partial charge on any atom is 0.274 e. The molecule has 38 heavy (non-hydrogen) atoms. The number of amides is 1. The van der Waals surface area contributed by atoms with Crippen LogP contribution in [0.3, 0.4) is 0 Å². The largest absolute Gasteiger partial charge is 0.391 e. The molecule has 1 saturated carbocycles. The SMILES string of the molecule is C[C@H]1C[C@@H](c2ccncc2NC(=O)c2ccc(F)c(-c3c(F)cc(C4(F)COC4)cc3P)n2)C[C@@H](N)[C@H]1O. The van der Waals surface area contributed by atoms with Gasteiger partial charge in [-0.15, -0.1) is 9.24 Å². The second kappa shape index (κ2) is 10.3. The van der Waals surface area contributed by atoms with Gasteiger partial charge < -0.3 is 20.9 Å². The number of ether oxygens (including phenoxy) is 1. The van der Waals surface area contributed by atoms with Gasteiger partial charge in [0.15, 0.2) is 5.67 Å². The minimum Gasteiger partial charge on any atom is -0.391 e. The quantitative estimate of drug-likeness (QED) is 0.424. The number of hydrogen-bond donors (Lipinski definition) is 3. The molecule has 5 atom stereocenters. The molecule has 11 heteroatoms. The lowest BCUT2D eigenvalue weighted by molar-refractivity contribution is -0.135. The predicted octanol–water partition coefficient (Wildman–Crippen LogP) is 3.57. The molecule has 1 saturated heterocycles. The summed E-state index contributed by atoms with van der Waals surface area (Å²) in [5.41, 5.74) is 5.02. The Balaban J connectivity index is 1.43. The van der Waals surface area contributed by atoms with Crippen molar-refractivity contribution in [3.8, 4) is 11.3 Å². The zero-order chi connectivity index (χ0) is 27.2. The Morgan fingerprint density at radius 2 is 1.97 bits per heavy atom. The summed E-state index contributed by atoms with van der Waals surface area (Å²) in [4.78, 5) is 21.4. The highest BCUT2D eigenvalue weighted by Crippen LogP contribution is 2.39. The van der Waals surface area contributed by atoms with Crippen LogP contribution in [0.15, 0.2) is 42.7 Å². The summed E-state index contributed by atoms with van der Waals surface area (Å²) in [6, 6.07) is 6.06. The normalized spacial score (nSPS) is 24.5. The number of nitrogens with one attached hydrogen (secondary N) is 1. The topological polar surface area (TPSA) is 110 Å². The molecule has 2 aromatic heterocycles. The van der Waals surface area contributed by atoms with Crippen molar-refractivity contribution in [2.75, 3.05) is 18.5 Å². The lowest BCUT2D eigenvalue weighted by Crippen LogP contribution is -2.44. The van der Waals surface area contributed by atoms with Crippen LogP contribution in [0.2, 0.25) is 0 Å². The number of aliphatic hydroxyl groups is 1. The third kappa shape index (κ3) is 4.94. The van der Waals surface area contributed by atoms with E-state index in [9.17, 15) is 18.7 Å². The van der Waals surface area contributed by atoms with Gasteiger partial charge in [-0.1, -0.05) is 6.92 Å². The fourth-order valence-electron chi connectivity index (χ4n) is 5.21. The van der Waals surface area contributed by atoms with Crippen LogP contribution in [-0.2, 0) is 10.4 Å². The summed E-state index contributed by atoms with van der Waals surface area (Å²) < 4.78 is 49.6. The van der Waals surface area contributed by atoms with E-state index in [2.05, 4.69) is 24.5 Å². The number of halogens is 3. The van der Waals surface area contributed by atoms with Gasteiger partial charge in [0.1, 0.15) is 23.0 Å². The van der Waals surface area contributed by atoms with E-state index in [1.165, 1.54) is 18.3 Å². The highest BCUT2D eigenvalue weighted by atomic mass is 31.0. The molecule has 2 fully saturated rings. The smallest absolute Gasteiger partial charge is 0.274 e. The van der Waals surface area contributed by atoms with E-state index in [1.807, 2.05) is 6.92 Å². The van der Waals surface area contributed by atoms with Crippen LogP contribution in [0.25, 0.3) is 11.3 Å². The number of nitrogens with zero attached hydrogens (tertiary/aromatic N) is 2. The summed E-state index contributed by atoms with van der Waals surface area (Å²) in [5.74, 6) is -2.35. The third-order valence-corrected chi connectivity index (χ3v) is 7.85. The monoisotopic (exact) mass is 544 g/mol. The van der Waals surface area contributed by atoms with Gasteiger partial charge >= 0.3 is 0 Å². The number of aromatic nitrogens is 2. The Bertz CT molecular complexity index is 1350. The van der Waals surface area contributed by atoms with Crippen molar-refractivity contribution < 1.29 is 27.8 Å². The molecule has 0 spiro atoms. The van der Waals surface area contributed by atoms with E-state index in [-0.39, 0.29) is 52.9 Å². The maximum atomic E-state index is 15.1. The molecule has 7 nitrogen and oxygen atoms in total. The molecule has 5 rings (SSSR count). The summed E-state index contributed by atoms with van der Waals surface area (Å²) in [7, 11) is 2.28. The number of alkyl halides is 1. The fourth-order valence-corrected chi connectivity index (χ4v) is 5.66. The summed E-state index contributed by atoms with van der Waals surface area (Å²) >= 11 is 0. The molecule has 1 aliphatic carbocycles. The first kappa shape index (κ1) is 26.7. The molecular weight excluding hydrogens is 516 g/mol. The first-order valence-electron chi connectivity index (χ1n) is 12.3. The zero-order valence-electron chi connectivity index (χ0n) is 20.6. The van der Waals surface area contributed by atoms with Gasteiger partial charge in [0, 0.05) is 17.8 Å². The second-order valence-electron chi connectivity index (χ2n) is 10.1. The summed E-state index contributed by atoms with van der Waals surface area (Å²) in [6.45, 7) is 1.57. The van der Waals surface area contributed by atoms with Crippen molar-refractivity contribution in [2.24, 2.45) is 11.7 Å². The van der Waals surface area contributed by atoms with Gasteiger partial charge in [0.2, 0.25) is 0 Å². The van der Waals surface area contributed by atoms with Gasteiger partial charge in [0.05, 0.1) is 31.2 Å². The molecule has 200 valence electrons. The average molecular weight is 545 g/mol. The van der Waals surface area contributed by atoms with Crippen LogP contribution in [-0.4, -0.2) is 46.3 Å². The number of anilines is 1. The number of pyridine rings is 2. The first-order valence-corrected chi connectivity index (χ1v) is 12.9. The number of nitrogens with two attached hydrogens (primary N) is 1. The Morgan fingerprint density at radius 1 is 1.21 bits per heavy atom. The van der Waals surface area contributed by atoms with Gasteiger partial charge in [0.25, 0.3) is 5.91 Å². The Hall–Kier alpha value is -2.91. The molecule has 3 aromatic rings. The van der Waals surface area contributed by atoms with Gasteiger partial charge in [-0.2, -0.15) is 0 Å². The van der Waals surface area contributed by atoms with Gasteiger partial charge in [-0.05, 0) is 71.4 Å². The van der Waals surface area contributed by atoms with E-state index < -0.39 is 35.4 Å². The Morgan fingerprint density at radius 3 is 2.63 bits per heavy atom. The lowest BCUT2D eigenvalue weighted by atomic mass is 9.74. The molecule has 1 aromatic carbocycles. The van der Waals surface area contributed by atoms with Crippen molar-refractivity contribution in [1.82, 2.24) is 9.97 Å². The van der Waals surface area contributed by atoms with Crippen LogP contribution in [0.4, 0.5) is 18.9 Å². The molecule has 3 heterocycles. The van der Waals surface area contributed by atoms with Crippen molar-refractivity contribution >= 4 is 26.1 Å². The van der Waals surface area contributed by atoms with Crippen molar-refractivity contribution in [2.45, 2.75) is 43.5 Å². The third-order valence-electron chi connectivity index (χ3n) is 7.39. The molecule has 0 bridgehead atoms. The second-order valence-corrected chi connectivity index (χ2v) is 10.7. The average Bonchev–Trinajstić information content (AvgIpc) is 2.86. The molecule has 1 amide bonds. The lowest BCUT2D eigenvalue weighted by Gasteiger charge is -2.36. The van der Waals surface area contributed by atoms with Crippen molar-refractivity contribution in [1.29, 1.82) is 0 Å². The van der Waals surface area contributed by atoms with Crippen LogP contribution in [0.1, 0.15) is 47.3 Å². The number of aliphatic hydroxyl groups excluding tert-OH is 1. The molecule has 1 unspecified atom stereocenters. The van der Waals surface area contributed by atoms with E-state index in [4.69, 9.17) is 10.5 Å². The molecule has 4 N–H and O–H groups in total. The van der Waals surface area contributed by atoms with E-state index >= 15 is 4.39 Å².